The first-order valence-electron chi connectivity index (χ1n) is 9.26. The summed E-state index contributed by atoms with van der Waals surface area (Å²) in [7, 11) is -1.87. The number of methoxy groups -OCH3 is 1. The van der Waals surface area contributed by atoms with Gasteiger partial charge in [0.05, 0.1) is 23.1 Å². The number of rotatable bonds is 6. The molecule has 1 saturated heterocycles. The van der Waals surface area contributed by atoms with Crippen LogP contribution < -0.4 is 9.47 Å². The van der Waals surface area contributed by atoms with Gasteiger partial charge >= 0.3 is 0 Å². The van der Waals surface area contributed by atoms with E-state index < -0.39 is 15.8 Å². The molecule has 1 aliphatic rings. The van der Waals surface area contributed by atoms with E-state index in [9.17, 15) is 12.8 Å². The summed E-state index contributed by atoms with van der Waals surface area (Å²) >= 11 is 1.45. The molecule has 0 bridgehead atoms. The first kappa shape index (κ1) is 20.1. The molecule has 1 fully saturated rings. The molecule has 29 heavy (non-hydrogen) atoms. The summed E-state index contributed by atoms with van der Waals surface area (Å²) in [5.74, 6) is 0.137. The highest BCUT2D eigenvalue weighted by atomic mass is 32.2. The zero-order valence-electron chi connectivity index (χ0n) is 15.9. The number of thiazole rings is 1. The Morgan fingerprint density at radius 1 is 1.21 bits per heavy atom. The second-order valence-corrected chi connectivity index (χ2v) is 9.88. The third kappa shape index (κ3) is 4.68. The summed E-state index contributed by atoms with van der Waals surface area (Å²) in [5, 5.41) is 0.578. The smallest absolute Gasteiger partial charge is 0.274 e. The fourth-order valence-electron chi connectivity index (χ4n) is 3.36. The van der Waals surface area contributed by atoms with E-state index in [1.54, 1.807) is 13.2 Å². The van der Waals surface area contributed by atoms with Gasteiger partial charge in [0.25, 0.3) is 5.19 Å². The minimum Gasteiger partial charge on any atom is -0.497 e. The molecule has 154 valence electrons. The average Bonchev–Trinajstić information content (AvgIpc) is 3.09. The first-order valence-corrected chi connectivity index (χ1v) is 11.7. The third-order valence-electron chi connectivity index (χ3n) is 4.88. The number of aromatic nitrogens is 1. The second kappa shape index (κ2) is 8.25. The van der Waals surface area contributed by atoms with Crippen LogP contribution in [0.15, 0.2) is 42.5 Å². The molecule has 0 atom stereocenters. The maximum Gasteiger partial charge on any atom is 0.274 e. The monoisotopic (exact) mass is 436 g/mol. The molecule has 1 aromatic heterocycles. The fraction of sp³-hybridized carbons (Fsp3) is 0.350. The molecule has 2 heterocycles. The average molecular weight is 437 g/mol. The highest BCUT2D eigenvalue weighted by Gasteiger charge is 2.29. The van der Waals surface area contributed by atoms with Crippen LogP contribution in [0.1, 0.15) is 18.4 Å². The van der Waals surface area contributed by atoms with E-state index in [0.29, 0.717) is 36.7 Å². The van der Waals surface area contributed by atoms with Gasteiger partial charge in [0.2, 0.25) is 10.0 Å². The van der Waals surface area contributed by atoms with E-state index in [2.05, 4.69) is 4.98 Å². The largest absolute Gasteiger partial charge is 0.497 e. The number of nitrogens with zero attached hydrogens (tertiary/aromatic N) is 2. The molecule has 6 nitrogen and oxygen atoms in total. The topological polar surface area (TPSA) is 68.7 Å². The van der Waals surface area contributed by atoms with Crippen LogP contribution in [0, 0.1) is 5.82 Å². The number of hydrogen-bond donors (Lipinski definition) is 0. The molecular formula is C20H21FN2O4S2. The first-order chi connectivity index (χ1) is 13.9. The number of halogens is 1. The summed E-state index contributed by atoms with van der Waals surface area (Å²) in [6.07, 6.45) is 1.08. The standard InChI is InChI=1S/C20H21FN2O4S2/c1-26-17-5-6-18-19(12-17)28-20(22-18)27-16-7-9-23(10-8-16)29(24,25)13-14-3-2-4-15(21)11-14/h2-6,11-12,16H,7-10,13H2,1H3. The van der Waals surface area contributed by atoms with Crippen LogP contribution in [0.3, 0.4) is 0 Å². The lowest BCUT2D eigenvalue weighted by Crippen LogP contribution is -2.42. The van der Waals surface area contributed by atoms with Crippen LogP contribution in [0.4, 0.5) is 4.39 Å². The van der Waals surface area contributed by atoms with Crippen molar-refractivity contribution in [3.8, 4) is 10.9 Å². The minimum atomic E-state index is -3.49. The Balaban J connectivity index is 1.36. The van der Waals surface area contributed by atoms with Gasteiger partial charge in [-0.15, -0.1) is 0 Å². The molecule has 2 aromatic carbocycles. The van der Waals surface area contributed by atoms with Gasteiger partial charge in [-0.25, -0.2) is 22.1 Å². The number of fused-ring (bicyclic) bond motifs is 1. The van der Waals surface area contributed by atoms with Gasteiger partial charge in [-0.3, -0.25) is 0 Å². The Morgan fingerprint density at radius 3 is 2.72 bits per heavy atom. The van der Waals surface area contributed by atoms with Crippen molar-refractivity contribution in [2.24, 2.45) is 0 Å². The summed E-state index contributed by atoms with van der Waals surface area (Å²) in [5.41, 5.74) is 1.30. The van der Waals surface area contributed by atoms with Crippen LogP contribution in [-0.4, -0.2) is 44.0 Å². The molecular weight excluding hydrogens is 415 g/mol. The Bertz CT molecular complexity index is 1110. The lowest BCUT2D eigenvalue weighted by atomic mass is 10.1. The molecule has 0 saturated carbocycles. The Labute approximate surface area is 172 Å². The Kier molecular flexibility index (Phi) is 5.71. The van der Waals surface area contributed by atoms with Crippen LogP contribution in [0.5, 0.6) is 10.9 Å². The highest BCUT2D eigenvalue weighted by molar-refractivity contribution is 7.88. The number of benzene rings is 2. The van der Waals surface area contributed by atoms with Gasteiger partial charge in [-0.1, -0.05) is 23.5 Å². The Morgan fingerprint density at radius 2 is 2.00 bits per heavy atom. The normalized spacial score (nSPS) is 16.2. The number of piperidine rings is 1. The highest BCUT2D eigenvalue weighted by Crippen LogP contribution is 2.32. The second-order valence-electron chi connectivity index (χ2n) is 6.92. The van der Waals surface area contributed by atoms with E-state index >= 15 is 0 Å². The molecule has 1 aliphatic heterocycles. The molecule has 9 heteroatoms. The number of sulfonamides is 1. The molecule has 3 aromatic rings. The summed E-state index contributed by atoms with van der Waals surface area (Å²) in [4.78, 5) is 4.49. The van der Waals surface area contributed by atoms with Gasteiger partial charge in [-0.05, 0) is 48.7 Å². The minimum absolute atomic E-state index is 0.0851. The van der Waals surface area contributed by atoms with Crippen molar-refractivity contribution in [1.29, 1.82) is 0 Å². The fourth-order valence-corrected chi connectivity index (χ4v) is 5.82. The maximum atomic E-state index is 13.3. The lowest BCUT2D eigenvalue weighted by Gasteiger charge is -2.30. The van der Waals surface area contributed by atoms with Crippen molar-refractivity contribution in [2.75, 3.05) is 20.2 Å². The third-order valence-corrected chi connectivity index (χ3v) is 7.64. The van der Waals surface area contributed by atoms with Gasteiger partial charge in [0.1, 0.15) is 17.7 Å². The lowest BCUT2D eigenvalue weighted by molar-refractivity contribution is 0.135. The maximum absolute atomic E-state index is 13.3. The molecule has 0 radical (unpaired) electrons. The van der Waals surface area contributed by atoms with Crippen molar-refractivity contribution in [1.82, 2.24) is 9.29 Å². The van der Waals surface area contributed by atoms with Gasteiger partial charge in [0.15, 0.2) is 0 Å². The zero-order chi connectivity index (χ0) is 20.4. The Hall–Kier alpha value is -2.23. The predicted molar refractivity (Wildman–Crippen MR) is 110 cm³/mol. The van der Waals surface area contributed by atoms with Gasteiger partial charge in [0, 0.05) is 13.1 Å². The molecule has 0 unspecified atom stereocenters. The van der Waals surface area contributed by atoms with Crippen LogP contribution in [0.25, 0.3) is 10.2 Å². The van der Waals surface area contributed by atoms with Crippen molar-refractivity contribution in [3.05, 3.63) is 53.8 Å². The predicted octanol–water partition coefficient (Wildman–Crippen LogP) is 3.82. The summed E-state index contributed by atoms with van der Waals surface area (Å²) < 4.78 is 52.3. The molecule has 0 spiro atoms. The van der Waals surface area contributed by atoms with Crippen LogP contribution in [-0.2, 0) is 15.8 Å². The molecule has 0 amide bonds. The van der Waals surface area contributed by atoms with Crippen LogP contribution in [0.2, 0.25) is 0 Å². The van der Waals surface area contributed by atoms with E-state index in [-0.39, 0.29) is 11.9 Å². The SMILES string of the molecule is COc1ccc2nc(OC3CCN(S(=O)(=O)Cc4cccc(F)c4)CC3)sc2c1. The van der Waals surface area contributed by atoms with E-state index in [1.807, 2.05) is 18.2 Å². The van der Waals surface area contributed by atoms with Crippen molar-refractivity contribution in [2.45, 2.75) is 24.7 Å². The van der Waals surface area contributed by atoms with Gasteiger partial charge in [-0.2, -0.15) is 0 Å². The van der Waals surface area contributed by atoms with E-state index in [0.717, 1.165) is 16.0 Å². The number of ether oxygens (including phenoxy) is 2. The number of hydrogen-bond acceptors (Lipinski definition) is 6. The molecule has 0 aliphatic carbocycles. The van der Waals surface area contributed by atoms with Crippen molar-refractivity contribution >= 4 is 31.6 Å². The molecule has 0 N–H and O–H groups in total. The summed E-state index contributed by atoms with van der Waals surface area (Å²) in [6.45, 7) is 0.752. The summed E-state index contributed by atoms with van der Waals surface area (Å²) in [6, 6.07) is 11.4. The van der Waals surface area contributed by atoms with E-state index in [1.165, 1.54) is 33.8 Å². The molecule has 4 rings (SSSR count). The van der Waals surface area contributed by atoms with Crippen molar-refractivity contribution in [3.63, 3.8) is 0 Å². The van der Waals surface area contributed by atoms with Crippen molar-refractivity contribution < 1.29 is 22.3 Å². The van der Waals surface area contributed by atoms with Crippen LogP contribution >= 0.6 is 11.3 Å². The van der Waals surface area contributed by atoms with Gasteiger partial charge < -0.3 is 9.47 Å². The van der Waals surface area contributed by atoms with E-state index in [4.69, 9.17) is 9.47 Å². The quantitative estimate of drug-likeness (QED) is 0.588. The zero-order valence-corrected chi connectivity index (χ0v) is 17.5.